The van der Waals surface area contributed by atoms with E-state index < -0.39 is 0 Å². The van der Waals surface area contributed by atoms with Crippen molar-refractivity contribution in [3.63, 3.8) is 0 Å². The van der Waals surface area contributed by atoms with Gasteiger partial charge in [0.25, 0.3) is 0 Å². The lowest BCUT2D eigenvalue weighted by Crippen LogP contribution is -2.39. The molecule has 1 nitrogen and oxygen atoms in total. The Morgan fingerprint density at radius 1 is 1.33 bits per heavy atom. The number of nitrogens with one attached hydrogen (secondary N) is 1. The van der Waals surface area contributed by atoms with Crippen LogP contribution in [-0.4, -0.2) is 13.1 Å². The summed E-state index contributed by atoms with van der Waals surface area (Å²) in [6.45, 7) is 9.41. The van der Waals surface area contributed by atoms with Gasteiger partial charge < -0.3 is 5.32 Å². The number of rotatable bonds is 5. The van der Waals surface area contributed by atoms with E-state index >= 15 is 0 Å². The molecule has 0 bridgehead atoms. The fraction of sp³-hybridized carbons (Fsp3) is 1.00. The van der Waals surface area contributed by atoms with E-state index in [-0.39, 0.29) is 0 Å². The van der Waals surface area contributed by atoms with Crippen LogP contribution in [0.25, 0.3) is 0 Å². The molecule has 0 atom stereocenters. The molecular formula is C11H23N. The Hall–Kier alpha value is -0.0400. The molecule has 12 heavy (non-hydrogen) atoms. The molecule has 0 saturated heterocycles. The Labute approximate surface area is 76.9 Å². The van der Waals surface area contributed by atoms with E-state index in [1.807, 2.05) is 0 Å². The third-order valence-electron chi connectivity index (χ3n) is 3.22. The molecule has 0 aromatic rings. The Balaban J connectivity index is 2.17. The third kappa shape index (κ3) is 2.48. The second kappa shape index (κ2) is 4.27. The minimum absolute atomic E-state index is 0.535. The summed E-state index contributed by atoms with van der Waals surface area (Å²) in [6, 6.07) is 0. The molecule has 0 aliphatic heterocycles. The largest absolute Gasteiger partial charge is 0.316 e. The zero-order valence-corrected chi connectivity index (χ0v) is 8.82. The molecule has 0 spiro atoms. The SMILES string of the molecule is CCCNCC(C)(C)C1CCC1. The van der Waals surface area contributed by atoms with Gasteiger partial charge in [-0.25, -0.2) is 0 Å². The molecule has 0 heterocycles. The van der Waals surface area contributed by atoms with E-state index in [0.717, 1.165) is 5.92 Å². The molecule has 0 aromatic carbocycles. The Morgan fingerprint density at radius 3 is 2.42 bits per heavy atom. The number of hydrogen-bond acceptors (Lipinski definition) is 1. The monoisotopic (exact) mass is 169 g/mol. The van der Waals surface area contributed by atoms with Crippen LogP contribution in [0.15, 0.2) is 0 Å². The van der Waals surface area contributed by atoms with Gasteiger partial charge in [0.15, 0.2) is 0 Å². The van der Waals surface area contributed by atoms with Gasteiger partial charge in [0, 0.05) is 6.54 Å². The predicted molar refractivity (Wildman–Crippen MR) is 54.3 cm³/mol. The standard InChI is InChI=1S/C11H23N/c1-4-8-12-9-11(2,3)10-6-5-7-10/h10,12H,4-9H2,1-3H3. The van der Waals surface area contributed by atoms with Crippen molar-refractivity contribution in [2.75, 3.05) is 13.1 Å². The fourth-order valence-corrected chi connectivity index (χ4v) is 1.92. The molecule has 1 aliphatic rings. The van der Waals surface area contributed by atoms with Crippen LogP contribution < -0.4 is 5.32 Å². The minimum Gasteiger partial charge on any atom is -0.316 e. The Kier molecular flexibility index (Phi) is 3.57. The lowest BCUT2D eigenvalue weighted by molar-refractivity contribution is 0.119. The first-order chi connectivity index (χ1) is 5.67. The minimum atomic E-state index is 0.535. The van der Waals surface area contributed by atoms with Crippen molar-refractivity contribution in [2.45, 2.75) is 46.5 Å². The fourth-order valence-electron chi connectivity index (χ4n) is 1.92. The van der Waals surface area contributed by atoms with Crippen molar-refractivity contribution in [1.82, 2.24) is 5.32 Å². The molecular weight excluding hydrogens is 146 g/mol. The van der Waals surface area contributed by atoms with Crippen molar-refractivity contribution in [3.8, 4) is 0 Å². The quantitative estimate of drug-likeness (QED) is 0.624. The summed E-state index contributed by atoms with van der Waals surface area (Å²) in [5.41, 5.74) is 0.535. The van der Waals surface area contributed by atoms with Crippen molar-refractivity contribution >= 4 is 0 Å². The highest BCUT2D eigenvalue weighted by Gasteiger charge is 2.33. The zero-order chi connectivity index (χ0) is 9.03. The van der Waals surface area contributed by atoms with Crippen molar-refractivity contribution in [2.24, 2.45) is 11.3 Å². The smallest absolute Gasteiger partial charge is 0.000517 e. The normalized spacial score (nSPS) is 19.2. The van der Waals surface area contributed by atoms with Crippen LogP contribution in [0.2, 0.25) is 0 Å². The van der Waals surface area contributed by atoms with Crippen molar-refractivity contribution in [1.29, 1.82) is 0 Å². The summed E-state index contributed by atoms with van der Waals surface area (Å²) in [4.78, 5) is 0. The van der Waals surface area contributed by atoms with Gasteiger partial charge in [-0.05, 0) is 37.1 Å². The summed E-state index contributed by atoms with van der Waals surface area (Å²) in [5, 5.41) is 3.52. The molecule has 72 valence electrons. The molecule has 1 fully saturated rings. The highest BCUT2D eigenvalue weighted by atomic mass is 14.9. The molecule has 1 N–H and O–H groups in total. The highest BCUT2D eigenvalue weighted by Crippen LogP contribution is 2.40. The van der Waals surface area contributed by atoms with Gasteiger partial charge in [0.1, 0.15) is 0 Å². The van der Waals surface area contributed by atoms with Crippen LogP contribution in [0.5, 0.6) is 0 Å². The maximum atomic E-state index is 3.52. The predicted octanol–water partition coefficient (Wildman–Crippen LogP) is 2.81. The average Bonchev–Trinajstić information content (AvgIpc) is 1.82. The van der Waals surface area contributed by atoms with Gasteiger partial charge in [0.2, 0.25) is 0 Å². The van der Waals surface area contributed by atoms with Gasteiger partial charge in [0.05, 0.1) is 0 Å². The summed E-state index contributed by atoms with van der Waals surface area (Å²) in [7, 11) is 0. The molecule has 0 radical (unpaired) electrons. The maximum absolute atomic E-state index is 3.52. The van der Waals surface area contributed by atoms with Crippen LogP contribution in [0.4, 0.5) is 0 Å². The number of hydrogen-bond donors (Lipinski definition) is 1. The highest BCUT2D eigenvalue weighted by molar-refractivity contribution is 4.85. The third-order valence-corrected chi connectivity index (χ3v) is 3.22. The molecule has 1 aliphatic carbocycles. The van der Waals surface area contributed by atoms with Gasteiger partial charge in [-0.15, -0.1) is 0 Å². The van der Waals surface area contributed by atoms with Crippen LogP contribution in [0, 0.1) is 11.3 Å². The first-order valence-corrected chi connectivity index (χ1v) is 5.37. The van der Waals surface area contributed by atoms with E-state index in [1.54, 1.807) is 0 Å². The molecule has 1 saturated carbocycles. The molecule has 1 heteroatoms. The van der Waals surface area contributed by atoms with Gasteiger partial charge in [-0.2, -0.15) is 0 Å². The first-order valence-electron chi connectivity index (χ1n) is 5.37. The van der Waals surface area contributed by atoms with E-state index in [1.165, 1.54) is 38.8 Å². The van der Waals surface area contributed by atoms with Crippen LogP contribution >= 0.6 is 0 Å². The Bertz CT molecular complexity index is 125. The second-order valence-corrected chi connectivity index (χ2v) is 4.79. The summed E-state index contributed by atoms with van der Waals surface area (Å²) in [5.74, 6) is 0.988. The Morgan fingerprint density at radius 2 is 2.00 bits per heavy atom. The van der Waals surface area contributed by atoms with E-state index in [0.29, 0.717) is 5.41 Å². The first kappa shape index (κ1) is 10.0. The van der Waals surface area contributed by atoms with Crippen molar-refractivity contribution in [3.05, 3.63) is 0 Å². The van der Waals surface area contributed by atoms with Crippen LogP contribution in [0.3, 0.4) is 0 Å². The molecule has 1 rings (SSSR count). The van der Waals surface area contributed by atoms with Crippen LogP contribution in [-0.2, 0) is 0 Å². The zero-order valence-electron chi connectivity index (χ0n) is 8.82. The second-order valence-electron chi connectivity index (χ2n) is 4.79. The molecule has 0 unspecified atom stereocenters. The molecule has 0 aromatic heterocycles. The average molecular weight is 169 g/mol. The molecule has 0 amide bonds. The topological polar surface area (TPSA) is 12.0 Å². The lowest BCUT2D eigenvalue weighted by Gasteiger charge is -2.40. The van der Waals surface area contributed by atoms with E-state index in [2.05, 4.69) is 26.1 Å². The maximum Gasteiger partial charge on any atom is 0.000517 e. The van der Waals surface area contributed by atoms with Gasteiger partial charge in [-0.3, -0.25) is 0 Å². The lowest BCUT2D eigenvalue weighted by atomic mass is 9.67. The van der Waals surface area contributed by atoms with Gasteiger partial charge in [-0.1, -0.05) is 27.2 Å². The summed E-state index contributed by atoms with van der Waals surface area (Å²) < 4.78 is 0. The van der Waals surface area contributed by atoms with E-state index in [9.17, 15) is 0 Å². The summed E-state index contributed by atoms with van der Waals surface area (Å²) in [6.07, 6.45) is 5.63. The van der Waals surface area contributed by atoms with Crippen molar-refractivity contribution < 1.29 is 0 Å². The van der Waals surface area contributed by atoms with E-state index in [4.69, 9.17) is 0 Å². The van der Waals surface area contributed by atoms with Crippen LogP contribution in [0.1, 0.15) is 46.5 Å². The summed E-state index contributed by atoms with van der Waals surface area (Å²) >= 11 is 0. The van der Waals surface area contributed by atoms with Gasteiger partial charge >= 0.3 is 0 Å².